The van der Waals surface area contributed by atoms with Crippen LogP contribution in [-0.4, -0.2) is 10.8 Å². The monoisotopic (exact) mass is 303 g/mol. The van der Waals surface area contributed by atoms with E-state index in [0.29, 0.717) is 6.61 Å². The number of benzene rings is 1. The van der Waals surface area contributed by atoms with Gasteiger partial charge in [0.25, 0.3) is 0 Å². The third-order valence-electron chi connectivity index (χ3n) is 3.17. The highest BCUT2D eigenvalue weighted by Crippen LogP contribution is 2.25. The fourth-order valence-electron chi connectivity index (χ4n) is 1.96. The minimum Gasteiger partial charge on any atom is -0.486 e. The first-order valence-electron chi connectivity index (χ1n) is 6.81. The lowest BCUT2D eigenvalue weighted by atomic mass is 9.87. The number of aromatic nitrogens is 1. The van der Waals surface area contributed by atoms with E-state index in [4.69, 9.17) is 15.9 Å². The lowest BCUT2D eigenvalue weighted by Gasteiger charge is -2.19. The molecule has 21 heavy (non-hydrogen) atoms. The molecule has 3 N–H and O–H groups in total. The van der Waals surface area contributed by atoms with E-state index >= 15 is 0 Å². The Bertz CT molecular complexity index is 639. The molecule has 0 bridgehead atoms. The van der Waals surface area contributed by atoms with Crippen LogP contribution in [0.25, 0.3) is 0 Å². The molecule has 0 spiro atoms. The first-order valence-corrected chi connectivity index (χ1v) is 7.63. The number of nitrogens with one attached hydrogen (secondary N) is 1. The SMILES string of the molecule is Cc1nc(COc2ccc(C(C)(C)C)cc2)sc1C(=N)N. The maximum atomic E-state index is 7.48. The highest BCUT2D eigenvalue weighted by Gasteiger charge is 2.13. The van der Waals surface area contributed by atoms with E-state index in [1.54, 1.807) is 0 Å². The average molecular weight is 303 g/mol. The number of rotatable bonds is 4. The van der Waals surface area contributed by atoms with E-state index in [9.17, 15) is 0 Å². The minimum atomic E-state index is 0.0609. The normalized spacial score (nSPS) is 11.4. The van der Waals surface area contributed by atoms with Crippen LogP contribution in [0.5, 0.6) is 5.75 Å². The number of hydrogen-bond donors (Lipinski definition) is 2. The summed E-state index contributed by atoms with van der Waals surface area (Å²) >= 11 is 1.41. The summed E-state index contributed by atoms with van der Waals surface area (Å²) in [4.78, 5) is 5.10. The third kappa shape index (κ3) is 3.82. The van der Waals surface area contributed by atoms with Crippen LogP contribution >= 0.6 is 11.3 Å². The van der Waals surface area contributed by atoms with Crippen LogP contribution in [0.1, 0.15) is 41.9 Å². The lowest BCUT2D eigenvalue weighted by molar-refractivity contribution is 0.305. The Morgan fingerprint density at radius 2 is 1.90 bits per heavy atom. The van der Waals surface area contributed by atoms with Gasteiger partial charge in [0.1, 0.15) is 23.2 Å². The Morgan fingerprint density at radius 1 is 1.29 bits per heavy atom. The third-order valence-corrected chi connectivity index (χ3v) is 4.33. The topological polar surface area (TPSA) is 72.0 Å². The van der Waals surface area contributed by atoms with E-state index in [2.05, 4.69) is 37.9 Å². The molecule has 2 aromatic rings. The van der Waals surface area contributed by atoms with E-state index in [0.717, 1.165) is 21.3 Å². The molecular formula is C16H21N3OS. The maximum Gasteiger partial charge on any atom is 0.140 e. The van der Waals surface area contributed by atoms with Crippen molar-refractivity contribution in [2.75, 3.05) is 0 Å². The molecule has 0 aliphatic heterocycles. The fraction of sp³-hybridized carbons (Fsp3) is 0.375. The summed E-state index contributed by atoms with van der Waals surface area (Å²) < 4.78 is 5.74. The van der Waals surface area contributed by atoms with Crippen LogP contribution in [0.15, 0.2) is 24.3 Å². The van der Waals surface area contributed by atoms with Crippen LogP contribution in [-0.2, 0) is 12.0 Å². The number of nitrogens with two attached hydrogens (primary N) is 1. The maximum absolute atomic E-state index is 7.48. The molecule has 0 aliphatic rings. The molecule has 0 saturated carbocycles. The van der Waals surface area contributed by atoms with Crippen LogP contribution in [0.3, 0.4) is 0 Å². The molecule has 0 aliphatic carbocycles. The summed E-state index contributed by atoms with van der Waals surface area (Å²) in [5.74, 6) is 0.881. The van der Waals surface area contributed by atoms with Crippen molar-refractivity contribution in [1.82, 2.24) is 4.98 Å². The van der Waals surface area contributed by atoms with Gasteiger partial charge in [-0.3, -0.25) is 5.41 Å². The molecule has 0 saturated heterocycles. The molecule has 0 radical (unpaired) electrons. The Hall–Kier alpha value is -1.88. The molecule has 1 aromatic carbocycles. The fourth-order valence-corrected chi connectivity index (χ4v) is 2.80. The zero-order valence-corrected chi connectivity index (χ0v) is 13.7. The molecular weight excluding hydrogens is 282 g/mol. The highest BCUT2D eigenvalue weighted by atomic mass is 32.1. The van der Waals surface area contributed by atoms with Crippen molar-refractivity contribution in [1.29, 1.82) is 5.41 Å². The summed E-state index contributed by atoms with van der Waals surface area (Å²) in [5, 5.41) is 8.31. The second-order valence-electron chi connectivity index (χ2n) is 6.00. The molecule has 0 atom stereocenters. The number of hydrogen-bond acceptors (Lipinski definition) is 4. The van der Waals surface area contributed by atoms with E-state index in [1.807, 2.05) is 19.1 Å². The van der Waals surface area contributed by atoms with Crippen LogP contribution in [0.2, 0.25) is 0 Å². The molecule has 2 rings (SSSR count). The quantitative estimate of drug-likeness (QED) is 0.669. The number of nitrogens with zero attached hydrogens (tertiary/aromatic N) is 1. The van der Waals surface area contributed by atoms with Gasteiger partial charge < -0.3 is 10.5 Å². The summed E-state index contributed by atoms with van der Waals surface area (Å²) in [6, 6.07) is 8.13. The van der Waals surface area contributed by atoms with Gasteiger partial charge in [-0.25, -0.2) is 4.98 Å². The number of ether oxygens (including phenoxy) is 1. The summed E-state index contributed by atoms with van der Waals surface area (Å²) in [5.41, 5.74) is 7.71. The Morgan fingerprint density at radius 3 is 2.38 bits per heavy atom. The Balaban J connectivity index is 2.03. The number of thiazole rings is 1. The standard InChI is InChI=1S/C16H21N3OS/c1-10-14(15(17)18)21-13(19-10)9-20-12-7-5-11(6-8-12)16(2,3)4/h5-8H,9H2,1-4H3,(H3,17,18). The Kier molecular flexibility index (Phi) is 4.32. The molecule has 5 heteroatoms. The van der Waals surface area contributed by atoms with Gasteiger partial charge in [-0.05, 0) is 30.0 Å². The highest BCUT2D eigenvalue weighted by molar-refractivity contribution is 7.13. The predicted octanol–water partition coefficient (Wildman–Crippen LogP) is 3.61. The molecule has 0 unspecified atom stereocenters. The zero-order chi connectivity index (χ0) is 15.6. The predicted molar refractivity (Wildman–Crippen MR) is 87.3 cm³/mol. The molecule has 112 valence electrons. The van der Waals surface area contributed by atoms with Gasteiger partial charge in [-0.1, -0.05) is 32.9 Å². The number of amidine groups is 1. The van der Waals surface area contributed by atoms with Crippen LogP contribution in [0.4, 0.5) is 0 Å². The van der Waals surface area contributed by atoms with Crippen molar-refractivity contribution >= 4 is 17.2 Å². The van der Waals surface area contributed by atoms with E-state index in [-0.39, 0.29) is 11.3 Å². The van der Waals surface area contributed by atoms with Gasteiger partial charge in [0.15, 0.2) is 0 Å². The van der Waals surface area contributed by atoms with Crippen LogP contribution in [0, 0.1) is 12.3 Å². The molecule has 4 nitrogen and oxygen atoms in total. The van der Waals surface area contributed by atoms with Gasteiger partial charge in [0.2, 0.25) is 0 Å². The van der Waals surface area contributed by atoms with Gasteiger partial charge >= 0.3 is 0 Å². The van der Waals surface area contributed by atoms with Crippen molar-refractivity contribution in [3.8, 4) is 5.75 Å². The van der Waals surface area contributed by atoms with E-state index in [1.165, 1.54) is 16.9 Å². The van der Waals surface area contributed by atoms with Gasteiger partial charge in [-0.15, -0.1) is 11.3 Å². The first kappa shape index (κ1) is 15.5. The smallest absolute Gasteiger partial charge is 0.140 e. The van der Waals surface area contributed by atoms with Crippen molar-refractivity contribution in [2.24, 2.45) is 5.73 Å². The Labute approximate surface area is 129 Å². The molecule has 0 fully saturated rings. The van der Waals surface area contributed by atoms with Crippen molar-refractivity contribution in [3.05, 3.63) is 45.4 Å². The molecule has 1 heterocycles. The van der Waals surface area contributed by atoms with Crippen molar-refractivity contribution in [3.63, 3.8) is 0 Å². The lowest BCUT2D eigenvalue weighted by Crippen LogP contribution is -2.10. The summed E-state index contributed by atoms with van der Waals surface area (Å²) in [6.07, 6.45) is 0. The number of nitrogen functional groups attached to an aromatic ring is 1. The summed E-state index contributed by atoms with van der Waals surface area (Å²) in [7, 11) is 0. The van der Waals surface area contributed by atoms with Gasteiger partial charge in [-0.2, -0.15) is 0 Å². The van der Waals surface area contributed by atoms with E-state index < -0.39 is 0 Å². The second-order valence-corrected chi connectivity index (χ2v) is 7.08. The zero-order valence-electron chi connectivity index (χ0n) is 12.9. The van der Waals surface area contributed by atoms with Gasteiger partial charge in [0.05, 0.1) is 10.6 Å². The molecule has 1 aromatic heterocycles. The average Bonchev–Trinajstić information content (AvgIpc) is 2.77. The first-order chi connectivity index (χ1) is 9.77. The summed E-state index contributed by atoms with van der Waals surface area (Å²) in [6.45, 7) is 8.81. The molecule has 0 amide bonds. The van der Waals surface area contributed by atoms with Crippen molar-refractivity contribution < 1.29 is 4.74 Å². The van der Waals surface area contributed by atoms with Crippen molar-refractivity contribution in [2.45, 2.75) is 39.7 Å². The largest absolute Gasteiger partial charge is 0.486 e. The van der Waals surface area contributed by atoms with Crippen LogP contribution < -0.4 is 10.5 Å². The minimum absolute atomic E-state index is 0.0609. The second kappa shape index (κ2) is 5.85. The van der Waals surface area contributed by atoms with Gasteiger partial charge in [0, 0.05) is 0 Å². The number of aryl methyl sites for hydroxylation is 1.